The lowest BCUT2D eigenvalue weighted by molar-refractivity contribution is -0.149. The third kappa shape index (κ3) is 8.01. The fraction of sp³-hybridized carbons (Fsp3) is 0.500. The highest BCUT2D eigenvalue weighted by Crippen LogP contribution is 2.44. The van der Waals surface area contributed by atoms with E-state index < -0.39 is 54.6 Å². The van der Waals surface area contributed by atoms with Crippen molar-refractivity contribution in [1.82, 2.24) is 15.0 Å². The summed E-state index contributed by atoms with van der Waals surface area (Å²) >= 11 is 0. The van der Waals surface area contributed by atoms with Crippen LogP contribution < -0.4 is 19.4 Å². The van der Waals surface area contributed by atoms with Crippen molar-refractivity contribution < 1.29 is 46.5 Å². The molecule has 0 spiro atoms. The average molecular weight is 705 g/mol. The summed E-state index contributed by atoms with van der Waals surface area (Å²) in [6.07, 6.45) is -1.58. The van der Waals surface area contributed by atoms with Gasteiger partial charge in [0.1, 0.15) is 13.3 Å². The number of rotatable bonds is 11. The molecular formula is C34H40F4N6O6. The fourth-order valence-corrected chi connectivity index (χ4v) is 5.99. The zero-order valence-corrected chi connectivity index (χ0v) is 28.2. The number of carbonyl (C=O) groups is 2. The molecule has 1 saturated heterocycles. The number of hydrogen-bond acceptors (Lipinski definition) is 10. The van der Waals surface area contributed by atoms with Crippen LogP contribution in [-0.4, -0.2) is 78.2 Å². The normalized spacial score (nSPS) is 18.0. The van der Waals surface area contributed by atoms with Crippen molar-refractivity contribution in [2.24, 2.45) is 5.41 Å². The zero-order chi connectivity index (χ0) is 36.2. The van der Waals surface area contributed by atoms with Gasteiger partial charge in [0, 0.05) is 31.7 Å². The molecule has 3 aromatic rings. The maximum Gasteiger partial charge on any atom is 0.416 e. The van der Waals surface area contributed by atoms with E-state index in [1.807, 2.05) is 6.92 Å². The van der Waals surface area contributed by atoms with Crippen LogP contribution in [0.5, 0.6) is 5.88 Å². The fourth-order valence-electron chi connectivity index (χ4n) is 5.99. The van der Waals surface area contributed by atoms with Gasteiger partial charge in [-0.2, -0.15) is 13.2 Å². The molecule has 0 radical (unpaired) electrons. The van der Waals surface area contributed by atoms with Gasteiger partial charge in [0.15, 0.2) is 0 Å². The molecule has 2 aliphatic heterocycles. The molecule has 1 amide bonds. The van der Waals surface area contributed by atoms with Crippen LogP contribution in [0, 0.1) is 5.41 Å². The Bertz CT molecular complexity index is 1670. The van der Waals surface area contributed by atoms with Crippen LogP contribution >= 0.6 is 0 Å². The van der Waals surface area contributed by atoms with E-state index in [9.17, 15) is 32.3 Å². The van der Waals surface area contributed by atoms with Crippen LogP contribution in [-0.2, 0) is 33.7 Å². The Hall–Kier alpha value is -4.73. The Morgan fingerprint density at radius 2 is 1.76 bits per heavy atom. The van der Waals surface area contributed by atoms with Gasteiger partial charge in [0.25, 0.3) is 0 Å². The summed E-state index contributed by atoms with van der Waals surface area (Å²) in [5.41, 5.74) is -0.876. The number of benzene rings is 1. The second-order valence-corrected chi connectivity index (χ2v) is 12.8. The van der Waals surface area contributed by atoms with Crippen molar-refractivity contribution in [3.8, 4) is 5.88 Å². The largest absolute Gasteiger partial charge is 0.481 e. The van der Waals surface area contributed by atoms with Gasteiger partial charge in [0.05, 0.1) is 66.8 Å². The average Bonchev–Trinajstić information content (AvgIpc) is 3.11. The molecule has 0 unspecified atom stereocenters. The lowest BCUT2D eigenvalue weighted by Crippen LogP contribution is -2.49. The van der Waals surface area contributed by atoms with Crippen molar-refractivity contribution in [3.63, 3.8) is 0 Å². The Morgan fingerprint density at radius 3 is 2.36 bits per heavy atom. The number of amides is 1. The van der Waals surface area contributed by atoms with Crippen LogP contribution in [0.15, 0.2) is 42.7 Å². The highest BCUT2D eigenvalue weighted by Gasteiger charge is 2.42. The third-order valence-corrected chi connectivity index (χ3v) is 8.85. The maximum absolute atomic E-state index is 13.9. The van der Waals surface area contributed by atoms with Gasteiger partial charge in [-0.3, -0.25) is 9.69 Å². The molecule has 1 aromatic carbocycles. The van der Waals surface area contributed by atoms with Gasteiger partial charge in [-0.1, -0.05) is 13.0 Å². The first-order valence-electron chi connectivity index (χ1n) is 16.2. The van der Waals surface area contributed by atoms with E-state index in [0.717, 1.165) is 17.8 Å². The number of carboxylic acids is 1. The molecule has 4 heterocycles. The van der Waals surface area contributed by atoms with E-state index in [-0.39, 0.29) is 35.9 Å². The van der Waals surface area contributed by atoms with Crippen molar-refractivity contribution in [2.75, 3.05) is 54.7 Å². The molecule has 12 nitrogen and oxygen atoms in total. The molecule has 1 fully saturated rings. The van der Waals surface area contributed by atoms with E-state index in [4.69, 9.17) is 19.2 Å². The molecule has 2 aliphatic rings. The summed E-state index contributed by atoms with van der Waals surface area (Å²) in [7, 11) is 1.42. The van der Waals surface area contributed by atoms with Gasteiger partial charge < -0.3 is 29.1 Å². The second-order valence-electron chi connectivity index (χ2n) is 12.8. The number of carbonyl (C=O) groups excluding carboxylic acids is 1. The van der Waals surface area contributed by atoms with E-state index in [0.29, 0.717) is 44.1 Å². The SMILES string of the molecule is CC[C@@H]1C[C@H](N(Cc2cc(CF)cc(C(F)(F)F)c2)c2ncc(N3CCOCC3)cn2)c2nc(OC)ccc2N1C(=O)OCC(C)(C)C(=O)O. The lowest BCUT2D eigenvalue weighted by Gasteiger charge is -2.43. The van der Waals surface area contributed by atoms with Crippen molar-refractivity contribution in [3.05, 3.63) is 65.1 Å². The topological polar surface area (TPSA) is 130 Å². The minimum Gasteiger partial charge on any atom is -0.481 e. The molecule has 2 atom stereocenters. The third-order valence-electron chi connectivity index (χ3n) is 8.85. The number of fused-ring (bicyclic) bond motifs is 1. The number of hydrogen-bond donors (Lipinski definition) is 1. The summed E-state index contributed by atoms with van der Waals surface area (Å²) in [4.78, 5) is 44.5. The number of alkyl halides is 4. The smallest absolute Gasteiger partial charge is 0.416 e. The van der Waals surface area contributed by atoms with Crippen LogP contribution in [0.25, 0.3) is 0 Å². The van der Waals surface area contributed by atoms with Crippen LogP contribution in [0.1, 0.15) is 62.0 Å². The zero-order valence-electron chi connectivity index (χ0n) is 28.2. The summed E-state index contributed by atoms with van der Waals surface area (Å²) in [5.74, 6) is -0.745. The molecule has 50 heavy (non-hydrogen) atoms. The number of carboxylic acid groups (broad SMARTS) is 1. The summed E-state index contributed by atoms with van der Waals surface area (Å²) in [5, 5.41) is 9.55. The van der Waals surface area contributed by atoms with Gasteiger partial charge in [-0.25, -0.2) is 24.1 Å². The number of pyridine rings is 1. The summed E-state index contributed by atoms with van der Waals surface area (Å²) < 4.78 is 72.0. The van der Waals surface area contributed by atoms with E-state index in [1.54, 1.807) is 29.4 Å². The lowest BCUT2D eigenvalue weighted by atomic mass is 9.92. The number of aliphatic carboxylic acids is 1. The Kier molecular flexibility index (Phi) is 11.0. The molecule has 270 valence electrons. The number of halogens is 4. The van der Waals surface area contributed by atoms with Gasteiger partial charge in [-0.05, 0) is 56.0 Å². The number of anilines is 3. The molecule has 0 saturated carbocycles. The molecule has 16 heteroatoms. The molecular weight excluding hydrogens is 664 g/mol. The minimum absolute atomic E-state index is 0.133. The Morgan fingerprint density at radius 1 is 1.08 bits per heavy atom. The highest BCUT2D eigenvalue weighted by molar-refractivity contribution is 5.90. The summed E-state index contributed by atoms with van der Waals surface area (Å²) in [6.45, 7) is 5.45. The van der Waals surface area contributed by atoms with Crippen molar-refractivity contribution >= 4 is 29.4 Å². The summed E-state index contributed by atoms with van der Waals surface area (Å²) in [6, 6.07) is 5.11. The van der Waals surface area contributed by atoms with E-state index in [1.165, 1.54) is 31.9 Å². The van der Waals surface area contributed by atoms with Crippen LogP contribution in [0.3, 0.4) is 0 Å². The van der Waals surface area contributed by atoms with Gasteiger partial charge >= 0.3 is 18.2 Å². The molecule has 0 aliphatic carbocycles. The van der Waals surface area contributed by atoms with Crippen molar-refractivity contribution in [2.45, 2.75) is 65.1 Å². The maximum atomic E-state index is 13.9. The minimum atomic E-state index is -4.71. The van der Waals surface area contributed by atoms with Crippen LogP contribution in [0.2, 0.25) is 0 Å². The number of ether oxygens (including phenoxy) is 3. The number of morpholine rings is 1. The second kappa shape index (κ2) is 15.0. The molecule has 1 N–H and O–H groups in total. The number of methoxy groups -OCH3 is 1. The highest BCUT2D eigenvalue weighted by atomic mass is 19.4. The van der Waals surface area contributed by atoms with Crippen LogP contribution in [0.4, 0.5) is 39.7 Å². The monoisotopic (exact) mass is 704 g/mol. The predicted octanol–water partition coefficient (Wildman–Crippen LogP) is 6.19. The predicted molar refractivity (Wildman–Crippen MR) is 175 cm³/mol. The molecule has 5 rings (SSSR count). The van der Waals surface area contributed by atoms with E-state index in [2.05, 4.69) is 14.9 Å². The number of nitrogens with zero attached hydrogens (tertiary/aromatic N) is 6. The van der Waals surface area contributed by atoms with Gasteiger partial charge in [0.2, 0.25) is 11.8 Å². The Labute approximate surface area is 287 Å². The first kappa shape index (κ1) is 36.5. The number of aromatic nitrogens is 3. The first-order chi connectivity index (χ1) is 23.7. The Balaban J connectivity index is 1.60. The molecule has 0 bridgehead atoms. The molecule has 2 aromatic heterocycles. The van der Waals surface area contributed by atoms with Gasteiger partial charge in [-0.15, -0.1) is 0 Å². The van der Waals surface area contributed by atoms with E-state index >= 15 is 0 Å². The first-order valence-corrected chi connectivity index (χ1v) is 16.2. The standard InChI is InChI=1S/C34H40F4N6O6/c1-5-24-15-27(29-26(6-7-28(41-29)48-4)44(24)32(47)50-20-33(2,3)30(45)46)43(19-22-12-21(16-35)13-23(14-22)34(36,37)38)31-39-17-25(18-40-31)42-8-10-49-11-9-42/h6-7,12-14,17-18,24,27H,5,8-11,15-16,19-20H2,1-4H3,(H,45,46)/t24-,27+/m1/s1. The van der Waals surface area contributed by atoms with Crippen molar-refractivity contribution in [1.29, 1.82) is 0 Å². The quantitative estimate of drug-likeness (QED) is 0.230.